The van der Waals surface area contributed by atoms with Crippen LogP contribution in [-0.2, 0) is 13.2 Å². The molecule has 0 atom stereocenters. The van der Waals surface area contributed by atoms with E-state index in [-0.39, 0.29) is 6.61 Å². The second-order valence-corrected chi connectivity index (χ2v) is 4.71. The molecule has 0 aliphatic heterocycles. The zero-order chi connectivity index (χ0) is 13.0. The zero-order valence-corrected chi connectivity index (χ0v) is 11.1. The van der Waals surface area contributed by atoms with Crippen LogP contribution >= 0.6 is 11.6 Å². The van der Waals surface area contributed by atoms with E-state index in [1.54, 1.807) is 6.07 Å². The maximum atomic E-state index is 9.37. The standard InChI is InChI=1S/C15H16ClNO/c1-17(10-12-5-3-2-4-6-12)15-8-7-14(16)9-13(15)11-18/h2-9,18H,10-11H2,1H3. The molecule has 0 spiro atoms. The summed E-state index contributed by atoms with van der Waals surface area (Å²) in [5.74, 6) is 0. The minimum atomic E-state index is -0.00494. The summed E-state index contributed by atoms with van der Waals surface area (Å²) < 4.78 is 0. The van der Waals surface area contributed by atoms with Gasteiger partial charge in [0.25, 0.3) is 0 Å². The van der Waals surface area contributed by atoms with Gasteiger partial charge in [-0.3, -0.25) is 0 Å². The first-order valence-corrected chi connectivity index (χ1v) is 6.23. The van der Waals surface area contributed by atoms with E-state index in [1.807, 2.05) is 37.4 Å². The van der Waals surface area contributed by atoms with Gasteiger partial charge in [0.2, 0.25) is 0 Å². The fourth-order valence-electron chi connectivity index (χ4n) is 2.00. The Kier molecular flexibility index (Phi) is 4.24. The van der Waals surface area contributed by atoms with Crippen LogP contribution in [0.15, 0.2) is 48.5 Å². The van der Waals surface area contributed by atoms with E-state index < -0.39 is 0 Å². The van der Waals surface area contributed by atoms with Crippen molar-refractivity contribution in [2.45, 2.75) is 13.2 Å². The van der Waals surface area contributed by atoms with Gasteiger partial charge in [-0.1, -0.05) is 41.9 Å². The highest BCUT2D eigenvalue weighted by Crippen LogP contribution is 2.24. The van der Waals surface area contributed by atoms with E-state index in [2.05, 4.69) is 17.0 Å². The second-order valence-electron chi connectivity index (χ2n) is 4.27. The van der Waals surface area contributed by atoms with E-state index in [9.17, 15) is 5.11 Å². The smallest absolute Gasteiger partial charge is 0.0702 e. The van der Waals surface area contributed by atoms with Crippen LogP contribution in [0.2, 0.25) is 5.02 Å². The quantitative estimate of drug-likeness (QED) is 0.911. The number of benzene rings is 2. The molecule has 0 unspecified atom stereocenters. The third kappa shape index (κ3) is 3.03. The molecule has 0 saturated carbocycles. The molecule has 2 aromatic carbocycles. The number of anilines is 1. The van der Waals surface area contributed by atoms with Crippen molar-refractivity contribution in [3.63, 3.8) is 0 Å². The summed E-state index contributed by atoms with van der Waals surface area (Å²) >= 11 is 5.93. The summed E-state index contributed by atoms with van der Waals surface area (Å²) in [5, 5.41) is 10.0. The Labute approximate surface area is 112 Å². The fourth-order valence-corrected chi connectivity index (χ4v) is 2.19. The van der Waals surface area contributed by atoms with Crippen LogP contribution in [0, 0.1) is 0 Å². The van der Waals surface area contributed by atoms with Crippen molar-refractivity contribution in [3.8, 4) is 0 Å². The lowest BCUT2D eigenvalue weighted by Crippen LogP contribution is -2.17. The van der Waals surface area contributed by atoms with Crippen molar-refractivity contribution < 1.29 is 5.11 Å². The summed E-state index contributed by atoms with van der Waals surface area (Å²) in [7, 11) is 2.01. The zero-order valence-electron chi connectivity index (χ0n) is 10.3. The molecule has 1 N–H and O–H groups in total. The monoisotopic (exact) mass is 261 g/mol. The highest BCUT2D eigenvalue weighted by atomic mass is 35.5. The van der Waals surface area contributed by atoms with Crippen molar-refractivity contribution in [3.05, 3.63) is 64.7 Å². The Morgan fingerprint density at radius 2 is 1.83 bits per heavy atom. The first-order valence-electron chi connectivity index (χ1n) is 5.85. The summed E-state index contributed by atoms with van der Waals surface area (Å²) in [5.41, 5.74) is 3.09. The summed E-state index contributed by atoms with van der Waals surface area (Å²) in [6.07, 6.45) is 0. The van der Waals surface area contributed by atoms with Crippen LogP contribution in [-0.4, -0.2) is 12.2 Å². The Morgan fingerprint density at radius 3 is 2.50 bits per heavy atom. The van der Waals surface area contributed by atoms with Crippen molar-refractivity contribution in [2.75, 3.05) is 11.9 Å². The van der Waals surface area contributed by atoms with Crippen LogP contribution < -0.4 is 4.90 Å². The number of hydrogen-bond acceptors (Lipinski definition) is 2. The summed E-state index contributed by atoms with van der Waals surface area (Å²) in [4.78, 5) is 2.11. The fraction of sp³-hybridized carbons (Fsp3) is 0.200. The van der Waals surface area contributed by atoms with Gasteiger partial charge in [-0.05, 0) is 23.8 Å². The molecule has 0 amide bonds. The van der Waals surface area contributed by atoms with Gasteiger partial charge in [0.05, 0.1) is 6.61 Å². The molecule has 3 heteroatoms. The van der Waals surface area contributed by atoms with E-state index in [0.29, 0.717) is 5.02 Å². The Balaban J connectivity index is 2.21. The molecule has 2 nitrogen and oxygen atoms in total. The molecule has 18 heavy (non-hydrogen) atoms. The number of rotatable bonds is 4. The molecule has 2 rings (SSSR count). The average molecular weight is 262 g/mol. The predicted molar refractivity (Wildman–Crippen MR) is 75.9 cm³/mol. The molecular weight excluding hydrogens is 246 g/mol. The van der Waals surface area contributed by atoms with Crippen molar-refractivity contribution in [1.29, 1.82) is 0 Å². The topological polar surface area (TPSA) is 23.5 Å². The van der Waals surface area contributed by atoms with Gasteiger partial charge >= 0.3 is 0 Å². The molecule has 0 fully saturated rings. The maximum Gasteiger partial charge on any atom is 0.0702 e. The number of nitrogens with zero attached hydrogens (tertiary/aromatic N) is 1. The van der Waals surface area contributed by atoms with Crippen LogP contribution in [0.3, 0.4) is 0 Å². The lowest BCUT2D eigenvalue weighted by molar-refractivity contribution is 0.282. The highest BCUT2D eigenvalue weighted by molar-refractivity contribution is 6.30. The van der Waals surface area contributed by atoms with E-state index >= 15 is 0 Å². The Bertz CT molecular complexity index is 513. The summed E-state index contributed by atoms with van der Waals surface area (Å²) in [6.45, 7) is 0.796. The summed E-state index contributed by atoms with van der Waals surface area (Å²) in [6, 6.07) is 15.8. The number of aliphatic hydroxyl groups is 1. The molecule has 0 aliphatic carbocycles. The van der Waals surface area contributed by atoms with Crippen LogP contribution in [0.4, 0.5) is 5.69 Å². The molecular formula is C15H16ClNO. The van der Waals surface area contributed by atoms with E-state index in [4.69, 9.17) is 11.6 Å². The van der Waals surface area contributed by atoms with Gasteiger partial charge < -0.3 is 10.0 Å². The number of aliphatic hydroxyl groups excluding tert-OH is 1. The van der Waals surface area contributed by atoms with Crippen LogP contribution in [0.5, 0.6) is 0 Å². The van der Waals surface area contributed by atoms with E-state index in [1.165, 1.54) is 5.56 Å². The third-order valence-corrected chi connectivity index (χ3v) is 3.12. The van der Waals surface area contributed by atoms with E-state index in [0.717, 1.165) is 17.8 Å². The first-order chi connectivity index (χ1) is 8.70. The number of hydrogen-bond donors (Lipinski definition) is 1. The van der Waals surface area contributed by atoms with Crippen LogP contribution in [0.25, 0.3) is 0 Å². The largest absolute Gasteiger partial charge is 0.392 e. The van der Waals surface area contributed by atoms with Gasteiger partial charge in [0.1, 0.15) is 0 Å². The molecule has 0 radical (unpaired) electrons. The Hall–Kier alpha value is -1.51. The number of halogens is 1. The first kappa shape index (κ1) is 12.9. The minimum absolute atomic E-state index is 0.00494. The van der Waals surface area contributed by atoms with Crippen molar-refractivity contribution in [1.82, 2.24) is 0 Å². The molecule has 2 aromatic rings. The van der Waals surface area contributed by atoms with Gasteiger partial charge in [-0.15, -0.1) is 0 Å². The normalized spacial score (nSPS) is 10.4. The van der Waals surface area contributed by atoms with Gasteiger partial charge in [-0.25, -0.2) is 0 Å². The molecule has 0 aliphatic rings. The second kappa shape index (κ2) is 5.89. The lowest BCUT2D eigenvalue weighted by atomic mass is 10.1. The lowest BCUT2D eigenvalue weighted by Gasteiger charge is -2.22. The Morgan fingerprint density at radius 1 is 1.11 bits per heavy atom. The SMILES string of the molecule is CN(Cc1ccccc1)c1ccc(Cl)cc1CO. The molecule has 0 heterocycles. The molecule has 94 valence electrons. The minimum Gasteiger partial charge on any atom is -0.392 e. The van der Waals surface area contributed by atoms with Gasteiger partial charge in [0.15, 0.2) is 0 Å². The average Bonchev–Trinajstić information content (AvgIpc) is 2.39. The van der Waals surface area contributed by atoms with Crippen LogP contribution in [0.1, 0.15) is 11.1 Å². The predicted octanol–water partition coefficient (Wildman–Crippen LogP) is 3.47. The van der Waals surface area contributed by atoms with Crippen molar-refractivity contribution in [2.24, 2.45) is 0 Å². The molecule has 0 bridgehead atoms. The third-order valence-electron chi connectivity index (χ3n) is 2.89. The van der Waals surface area contributed by atoms with Gasteiger partial charge in [0, 0.05) is 29.9 Å². The molecule has 0 saturated heterocycles. The maximum absolute atomic E-state index is 9.37. The molecule has 0 aromatic heterocycles. The van der Waals surface area contributed by atoms with Gasteiger partial charge in [-0.2, -0.15) is 0 Å². The van der Waals surface area contributed by atoms with Crippen molar-refractivity contribution >= 4 is 17.3 Å². The highest BCUT2D eigenvalue weighted by Gasteiger charge is 2.08.